The van der Waals surface area contributed by atoms with E-state index < -0.39 is 5.25 Å². The molecule has 1 aromatic heterocycles. The Hall–Kier alpha value is -2.02. The number of hydrogen-bond donors (Lipinski definition) is 1. The van der Waals surface area contributed by atoms with E-state index in [0.29, 0.717) is 16.5 Å². The molecule has 0 saturated carbocycles. The van der Waals surface area contributed by atoms with Gasteiger partial charge in [0, 0.05) is 17.3 Å². The minimum atomic E-state index is -0.409. The van der Waals surface area contributed by atoms with Crippen molar-refractivity contribution >= 4 is 46.3 Å². The third kappa shape index (κ3) is 4.54. The van der Waals surface area contributed by atoms with Gasteiger partial charge in [-0.25, -0.2) is 4.98 Å². The fourth-order valence-corrected chi connectivity index (χ4v) is 4.30. The van der Waals surface area contributed by atoms with E-state index in [4.69, 9.17) is 16.3 Å². The highest BCUT2D eigenvalue weighted by molar-refractivity contribution is 8.01. The zero-order chi connectivity index (χ0) is 17.6. The van der Waals surface area contributed by atoms with E-state index in [-0.39, 0.29) is 5.91 Å². The van der Waals surface area contributed by atoms with Gasteiger partial charge in [-0.05, 0) is 23.8 Å². The molecule has 0 saturated heterocycles. The van der Waals surface area contributed by atoms with Gasteiger partial charge in [0.1, 0.15) is 11.0 Å². The molecule has 2 aromatic carbocycles. The van der Waals surface area contributed by atoms with Crippen molar-refractivity contribution in [2.75, 3.05) is 12.4 Å². The van der Waals surface area contributed by atoms with Crippen LogP contribution in [0.4, 0.5) is 5.69 Å². The number of nitrogens with zero attached hydrogens (tertiary/aromatic N) is 1. The number of thiazole rings is 1. The number of amides is 1. The Morgan fingerprint density at radius 3 is 2.72 bits per heavy atom. The molecule has 1 unspecified atom stereocenters. The van der Waals surface area contributed by atoms with Crippen LogP contribution in [0.25, 0.3) is 0 Å². The lowest BCUT2D eigenvalue weighted by molar-refractivity contribution is -0.115. The van der Waals surface area contributed by atoms with E-state index in [1.807, 2.05) is 35.7 Å². The van der Waals surface area contributed by atoms with Crippen LogP contribution >= 0.6 is 34.7 Å². The zero-order valence-electron chi connectivity index (χ0n) is 13.3. The summed E-state index contributed by atoms with van der Waals surface area (Å²) in [6, 6.07) is 14.8. The van der Waals surface area contributed by atoms with E-state index in [0.717, 1.165) is 9.90 Å². The Kier molecular flexibility index (Phi) is 5.96. The van der Waals surface area contributed by atoms with Crippen LogP contribution in [-0.4, -0.2) is 18.0 Å². The number of hydrogen-bond acceptors (Lipinski definition) is 5. The summed E-state index contributed by atoms with van der Waals surface area (Å²) in [4.78, 5) is 17.1. The van der Waals surface area contributed by atoms with E-state index in [2.05, 4.69) is 10.3 Å². The Balaban J connectivity index is 1.82. The number of methoxy groups -OCH3 is 1. The molecule has 0 fully saturated rings. The smallest absolute Gasteiger partial charge is 0.242 e. The maximum atomic E-state index is 12.9. The van der Waals surface area contributed by atoms with Gasteiger partial charge in [0.25, 0.3) is 0 Å². The van der Waals surface area contributed by atoms with Crippen molar-refractivity contribution in [2.24, 2.45) is 0 Å². The molecule has 0 spiro atoms. The predicted octanol–water partition coefficient (Wildman–Crippen LogP) is 5.28. The van der Waals surface area contributed by atoms with Gasteiger partial charge in [0.2, 0.25) is 5.91 Å². The van der Waals surface area contributed by atoms with Gasteiger partial charge in [0.15, 0.2) is 4.34 Å². The van der Waals surface area contributed by atoms with E-state index in [9.17, 15) is 4.79 Å². The SMILES string of the molecule is COc1ccc(NC(=O)C(Sc2nccs2)c2ccccc2)cc1Cl. The molecular formula is C18H15ClN2O2S2. The number of aromatic nitrogens is 1. The highest BCUT2D eigenvalue weighted by Crippen LogP contribution is 2.37. The number of ether oxygens (including phenoxy) is 1. The molecule has 0 aliphatic carbocycles. The number of carbonyl (C=O) groups excluding carboxylic acids is 1. The first-order valence-electron chi connectivity index (χ1n) is 7.43. The quantitative estimate of drug-likeness (QED) is 0.582. The molecule has 0 aliphatic rings. The molecule has 3 aromatic rings. The maximum absolute atomic E-state index is 12.9. The summed E-state index contributed by atoms with van der Waals surface area (Å²) in [5, 5.41) is 4.86. The first-order valence-corrected chi connectivity index (χ1v) is 9.56. The second kappa shape index (κ2) is 8.38. The topological polar surface area (TPSA) is 51.2 Å². The van der Waals surface area contributed by atoms with E-state index in [1.165, 1.54) is 23.1 Å². The average molecular weight is 391 g/mol. The maximum Gasteiger partial charge on any atom is 0.242 e. The molecule has 25 heavy (non-hydrogen) atoms. The van der Waals surface area contributed by atoms with Crippen molar-refractivity contribution in [3.8, 4) is 5.75 Å². The molecule has 0 aliphatic heterocycles. The summed E-state index contributed by atoms with van der Waals surface area (Å²) in [6.45, 7) is 0. The Bertz CT molecular complexity index is 842. The number of halogens is 1. The van der Waals surface area contributed by atoms with Crippen molar-refractivity contribution in [1.82, 2.24) is 4.98 Å². The van der Waals surface area contributed by atoms with Crippen LogP contribution in [0.15, 0.2) is 64.4 Å². The first-order chi connectivity index (χ1) is 12.2. The molecular weight excluding hydrogens is 376 g/mol. The third-order valence-corrected chi connectivity index (χ3v) is 5.85. The van der Waals surface area contributed by atoms with Crippen molar-refractivity contribution in [3.63, 3.8) is 0 Å². The van der Waals surface area contributed by atoms with Gasteiger partial charge in [-0.2, -0.15) is 0 Å². The predicted molar refractivity (Wildman–Crippen MR) is 104 cm³/mol. The van der Waals surface area contributed by atoms with Gasteiger partial charge < -0.3 is 10.1 Å². The molecule has 1 N–H and O–H groups in total. The van der Waals surface area contributed by atoms with E-state index >= 15 is 0 Å². The van der Waals surface area contributed by atoms with Gasteiger partial charge in [-0.15, -0.1) is 11.3 Å². The van der Waals surface area contributed by atoms with Crippen LogP contribution < -0.4 is 10.1 Å². The summed E-state index contributed by atoms with van der Waals surface area (Å²) >= 11 is 9.07. The van der Waals surface area contributed by atoms with Crippen LogP contribution in [-0.2, 0) is 4.79 Å². The van der Waals surface area contributed by atoms with Crippen molar-refractivity contribution < 1.29 is 9.53 Å². The molecule has 3 rings (SSSR count). The normalized spacial score (nSPS) is 11.8. The van der Waals surface area contributed by atoms with Gasteiger partial charge in [0.05, 0.1) is 12.1 Å². The summed E-state index contributed by atoms with van der Waals surface area (Å²) in [5.74, 6) is 0.434. The minimum absolute atomic E-state index is 0.132. The second-order valence-corrected chi connectivity index (χ2v) is 7.70. The largest absolute Gasteiger partial charge is 0.495 e. The zero-order valence-corrected chi connectivity index (χ0v) is 15.7. The standard InChI is InChI=1S/C18H15ClN2O2S2/c1-23-15-8-7-13(11-14(15)19)21-17(22)16(12-5-3-2-4-6-12)25-18-20-9-10-24-18/h2-11,16H,1H3,(H,21,22). The van der Waals surface area contributed by atoms with Crippen molar-refractivity contribution in [1.29, 1.82) is 0 Å². The summed E-state index contributed by atoms with van der Waals surface area (Å²) in [5.41, 5.74) is 1.54. The molecule has 1 heterocycles. The fourth-order valence-electron chi connectivity index (χ4n) is 2.22. The first kappa shape index (κ1) is 17.8. The van der Waals surface area contributed by atoms with Crippen LogP contribution in [0.1, 0.15) is 10.8 Å². The highest BCUT2D eigenvalue weighted by Gasteiger charge is 2.23. The second-order valence-electron chi connectivity index (χ2n) is 5.05. The molecule has 0 radical (unpaired) electrons. The molecule has 4 nitrogen and oxygen atoms in total. The number of benzene rings is 2. The summed E-state index contributed by atoms with van der Waals surface area (Å²) < 4.78 is 5.98. The highest BCUT2D eigenvalue weighted by atomic mass is 35.5. The van der Waals surface area contributed by atoms with Gasteiger partial charge >= 0.3 is 0 Å². The molecule has 0 bridgehead atoms. The summed E-state index contributed by atoms with van der Waals surface area (Å²) in [7, 11) is 1.55. The van der Waals surface area contributed by atoms with Crippen LogP contribution in [0.5, 0.6) is 5.75 Å². The summed E-state index contributed by atoms with van der Waals surface area (Å²) in [6.07, 6.45) is 1.73. The molecule has 128 valence electrons. The van der Waals surface area contributed by atoms with Crippen LogP contribution in [0.2, 0.25) is 5.02 Å². The lowest BCUT2D eigenvalue weighted by atomic mass is 10.1. The van der Waals surface area contributed by atoms with Crippen LogP contribution in [0, 0.1) is 0 Å². The van der Waals surface area contributed by atoms with Crippen molar-refractivity contribution in [3.05, 3.63) is 70.7 Å². The average Bonchev–Trinajstić information content (AvgIpc) is 3.14. The number of carbonyl (C=O) groups is 1. The molecule has 1 atom stereocenters. The Morgan fingerprint density at radius 2 is 2.08 bits per heavy atom. The lowest BCUT2D eigenvalue weighted by Gasteiger charge is -2.16. The molecule has 1 amide bonds. The Labute approximate surface area is 159 Å². The van der Waals surface area contributed by atoms with Crippen LogP contribution in [0.3, 0.4) is 0 Å². The number of anilines is 1. The number of thioether (sulfide) groups is 1. The van der Waals surface area contributed by atoms with Crippen molar-refractivity contribution in [2.45, 2.75) is 9.59 Å². The minimum Gasteiger partial charge on any atom is -0.495 e. The van der Waals surface area contributed by atoms with Gasteiger partial charge in [-0.1, -0.05) is 53.7 Å². The number of rotatable bonds is 6. The Morgan fingerprint density at radius 1 is 1.28 bits per heavy atom. The molecule has 7 heteroatoms. The van der Waals surface area contributed by atoms with E-state index in [1.54, 1.807) is 31.5 Å². The lowest BCUT2D eigenvalue weighted by Crippen LogP contribution is -2.19. The third-order valence-electron chi connectivity index (χ3n) is 3.39. The van der Waals surface area contributed by atoms with Gasteiger partial charge in [-0.3, -0.25) is 4.79 Å². The monoisotopic (exact) mass is 390 g/mol. The number of nitrogens with one attached hydrogen (secondary N) is 1. The fraction of sp³-hybridized carbons (Fsp3) is 0.111.